The van der Waals surface area contributed by atoms with Crippen molar-refractivity contribution in [2.24, 2.45) is 0 Å². The third-order valence-corrected chi connectivity index (χ3v) is 4.75. The van der Waals surface area contributed by atoms with Crippen LogP contribution in [0, 0.1) is 0 Å². The number of hydrogen-bond acceptors (Lipinski definition) is 4. The molecular weight excluding hydrogens is 336 g/mol. The van der Waals surface area contributed by atoms with Gasteiger partial charge in [0.05, 0.1) is 12.2 Å². The Hall–Kier alpha value is -2.12. The van der Waals surface area contributed by atoms with Gasteiger partial charge in [0.25, 0.3) is 0 Å². The molecule has 1 aromatic carbocycles. The molecule has 1 aliphatic heterocycles. The fraction of sp³-hybridized carbons (Fsp3) is 0.579. The second-order valence-electron chi connectivity index (χ2n) is 6.91. The van der Waals surface area contributed by atoms with Crippen molar-refractivity contribution < 1.29 is 24.5 Å². The molecule has 1 saturated heterocycles. The fourth-order valence-corrected chi connectivity index (χ4v) is 3.23. The number of likely N-dealkylation sites (tertiary alicyclic amines) is 1. The van der Waals surface area contributed by atoms with Crippen LogP contribution in [0.15, 0.2) is 30.3 Å². The monoisotopic (exact) mass is 364 g/mol. The van der Waals surface area contributed by atoms with Crippen molar-refractivity contribution in [1.29, 1.82) is 0 Å². The minimum atomic E-state index is -0.877. The average Bonchev–Trinajstić information content (AvgIpc) is 2.61. The minimum absolute atomic E-state index is 0.00533. The largest absolute Gasteiger partial charge is 0.481 e. The Balaban J connectivity index is 1.92. The second-order valence-corrected chi connectivity index (χ2v) is 6.91. The Bertz CT molecular complexity index is 585. The number of piperidine rings is 1. The number of amides is 2. The molecule has 0 saturated carbocycles. The lowest BCUT2D eigenvalue weighted by Gasteiger charge is -2.38. The van der Waals surface area contributed by atoms with E-state index >= 15 is 0 Å². The van der Waals surface area contributed by atoms with Crippen LogP contribution in [0.2, 0.25) is 0 Å². The van der Waals surface area contributed by atoms with Crippen LogP contribution in [0.25, 0.3) is 0 Å². The molecule has 0 aromatic heterocycles. The van der Waals surface area contributed by atoms with Gasteiger partial charge in [0.15, 0.2) is 0 Å². The van der Waals surface area contributed by atoms with Gasteiger partial charge in [-0.2, -0.15) is 0 Å². The van der Waals surface area contributed by atoms with E-state index in [9.17, 15) is 14.7 Å². The van der Waals surface area contributed by atoms with E-state index in [2.05, 4.69) is 5.32 Å². The first kappa shape index (κ1) is 20.2. The van der Waals surface area contributed by atoms with Crippen molar-refractivity contribution in [1.82, 2.24) is 10.2 Å². The maximum atomic E-state index is 12.6. The van der Waals surface area contributed by atoms with Gasteiger partial charge >= 0.3 is 12.0 Å². The number of aliphatic hydroxyl groups is 1. The van der Waals surface area contributed by atoms with Crippen LogP contribution < -0.4 is 5.32 Å². The number of nitrogens with one attached hydrogen (secondary N) is 1. The Morgan fingerprint density at radius 3 is 2.50 bits per heavy atom. The molecule has 7 nitrogen and oxygen atoms in total. The topological polar surface area (TPSA) is 99.1 Å². The first-order valence-corrected chi connectivity index (χ1v) is 8.94. The van der Waals surface area contributed by atoms with Crippen molar-refractivity contribution in [2.75, 3.05) is 26.8 Å². The van der Waals surface area contributed by atoms with E-state index in [1.54, 1.807) is 12.0 Å². The molecule has 1 aromatic rings. The Morgan fingerprint density at radius 2 is 1.92 bits per heavy atom. The fourth-order valence-electron chi connectivity index (χ4n) is 3.23. The van der Waals surface area contributed by atoms with E-state index in [-0.39, 0.29) is 25.1 Å². The number of benzene rings is 1. The maximum Gasteiger partial charge on any atom is 0.317 e. The lowest BCUT2D eigenvalue weighted by molar-refractivity contribution is -0.137. The SMILES string of the molecule is COCC1(O)CCN(C(=O)NC(CCC(=O)O)Cc2ccccc2)CC1. The zero-order valence-electron chi connectivity index (χ0n) is 15.2. The standard InChI is InChI=1S/C19H28N2O5/c1-26-14-19(25)9-11-21(12-10-19)18(24)20-16(7-8-17(22)23)13-15-5-3-2-4-6-15/h2-6,16,25H,7-14H2,1H3,(H,20,24)(H,22,23). The van der Waals surface area contributed by atoms with Crippen molar-refractivity contribution in [2.45, 2.75) is 43.7 Å². The molecule has 1 aliphatic rings. The van der Waals surface area contributed by atoms with Gasteiger partial charge in [0, 0.05) is 32.7 Å². The third kappa shape index (κ3) is 6.31. The van der Waals surface area contributed by atoms with Gasteiger partial charge in [0.2, 0.25) is 0 Å². The van der Waals surface area contributed by atoms with Crippen LogP contribution in [0.5, 0.6) is 0 Å². The maximum absolute atomic E-state index is 12.6. The summed E-state index contributed by atoms with van der Waals surface area (Å²) in [5.74, 6) is -0.875. The molecule has 0 radical (unpaired) electrons. The number of methoxy groups -OCH3 is 1. The molecule has 0 aliphatic carbocycles. The highest BCUT2D eigenvalue weighted by Gasteiger charge is 2.34. The zero-order valence-corrected chi connectivity index (χ0v) is 15.2. The number of carboxylic acid groups (broad SMARTS) is 1. The summed E-state index contributed by atoms with van der Waals surface area (Å²) in [6.45, 7) is 1.16. The van der Waals surface area contributed by atoms with Crippen molar-refractivity contribution in [3.05, 3.63) is 35.9 Å². The number of nitrogens with zero attached hydrogens (tertiary/aromatic N) is 1. The molecule has 2 amide bonds. The van der Waals surface area contributed by atoms with Gasteiger partial charge in [-0.05, 0) is 31.2 Å². The highest BCUT2D eigenvalue weighted by molar-refractivity contribution is 5.75. The van der Waals surface area contributed by atoms with Crippen molar-refractivity contribution in [3.8, 4) is 0 Å². The van der Waals surface area contributed by atoms with E-state index < -0.39 is 11.6 Å². The summed E-state index contributed by atoms with van der Waals surface area (Å²) in [5.41, 5.74) is 0.175. The second kappa shape index (κ2) is 9.54. The predicted octanol–water partition coefficient (Wildman–Crippen LogP) is 1.65. The molecule has 144 valence electrons. The molecule has 1 atom stereocenters. The van der Waals surface area contributed by atoms with Gasteiger partial charge in [-0.3, -0.25) is 4.79 Å². The third-order valence-electron chi connectivity index (χ3n) is 4.75. The first-order valence-electron chi connectivity index (χ1n) is 8.94. The Kier molecular flexibility index (Phi) is 7.41. The molecular formula is C19H28N2O5. The van der Waals surface area contributed by atoms with Gasteiger partial charge in [-0.25, -0.2) is 4.79 Å². The molecule has 1 fully saturated rings. The number of ether oxygens (including phenoxy) is 1. The summed E-state index contributed by atoms with van der Waals surface area (Å²) in [5, 5.41) is 22.3. The van der Waals surface area contributed by atoms with E-state index in [4.69, 9.17) is 9.84 Å². The van der Waals surface area contributed by atoms with Gasteiger partial charge < -0.3 is 25.2 Å². The van der Waals surface area contributed by atoms with E-state index in [0.717, 1.165) is 5.56 Å². The number of carbonyl (C=O) groups excluding carboxylic acids is 1. The van der Waals surface area contributed by atoms with Crippen molar-refractivity contribution in [3.63, 3.8) is 0 Å². The molecule has 26 heavy (non-hydrogen) atoms. The van der Waals surface area contributed by atoms with E-state index in [0.29, 0.717) is 38.8 Å². The number of urea groups is 1. The lowest BCUT2D eigenvalue weighted by atomic mass is 9.92. The summed E-state index contributed by atoms with van der Waals surface area (Å²) < 4.78 is 5.04. The Morgan fingerprint density at radius 1 is 1.27 bits per heavy atom. The van der Waals surface area contributed by atoms with Crippen LogP contribution in [0.3, 0.4) is 0 Å². The summed E-state index contributed by atoms with van der Waals surface area (Å²) in [4.78, 5) is 25.2. The molecule has 0 spiro atoms. The summed E-state index contributed by atoms with van der Waals surface area (Å²) in [6.07, 6.45) is 1.89. The molecule has 3 N–H and O–H groups in total. The average molecular weight is 364 g/mol. The quantitative estimate of drug-likeness (QED) is 0.651. The van der Waals surface area contributed by atoms with Crippen LogP contribution >= 0.6 is 0 Å². The normalized spacial score (nSPS) is 17.5. The number of rotatable bonds is 8. The van der Waals surface area contributed by atoms with Gasteiger partial charge in [-0.1, -0.05) is 30.3 Å². The van der Waals surface area contributed by atoms with Crippen LogP contribution in [-0.4, -0.2) is 65.6 Å². The van der Waals surface area contributed by atoms with Crippen LogP contribution in [-0.2, 0) is 16.0 Å². The van der Waals surface area contributed by atoms with Crippen molar-refractivity contribution >= 4 is 12.0 Å². The minimum Gasteiger partial charge on any atom is -0.481 e. The van der Waals surface area contributed by atoms with Gasteiger partial charge in [0.1, 0.15) is 0 Å². The summed E-state index contributed by atoms with van der Waals surface area (Å²) in [6, 6.07) is 9.23. The molecule has 1 heterocycles. The number of aliphatic carboxylic acids is 1. The first-order chi connectivity index (χ1) is 12.4. The highest BCUT2D eigenvalue weighted by Crippen LogP contribution is 2.22. The van der Waals surface area contributed by atoms with Gasteiger partial charge in [-0.15, -0.1) is 0 Å². The Labute approximate surface area is 154 Å². The molecule has 2 rings (SSSR count). The number of carboxylic acids is 1. The molecule has 1 unspecified atom stereocenters. The molecule has 7 heteroatoms. The van der Waals surface area contributed by atoms with Crippen LogP contribution in [0.1, 0.15) is 31.2 Å². The number of carbonyl (C=O) groups is 2. The van der Waals surface area contributed by atoms with Crippen LogP contribution in [0.4, 0.5) is 4.79 Å². The van der Waals surface area contributed by atoms with E-state index in [1.165, 1.54) is 0 Å². The number of hydrogen-bond donors (Lipinski definition) is 3. The molecule has 0 bridgehead atoms. The smallest absolute Gasteiger partial charge is 0.317 e. The summed E-state index contributed by atoms with van der Waals surface area (Å²) >= 11 is 0. The lowest BCUT2D eigenvalue weighted by Crippen LogP contribution is -2.53. The highest BCUT2D eigenvalue weighted by atomic mass is 16.5. The predicted molar refractivity (Wildman–Crippen MR) is 97.0 cm³/mol. The summed E-state index contributed by atoms with van der Waals surface area (Å²) in [7, 11) is 1.55. The van der Waals surface area contributed by atoms with E-state index in [1.807, 2.05) is 30.3 Å². The zero-order chi connectivity index (χ0) is 19.0.